The Bertz CT molecular complexity index is 368. The smallest absolute Gasteiger partial charge is 0.224 e. The van der Waals surface area contributed by atoms with Gasteiger partial charge in [-0.1, -0.05) is 39.5 Å². The molecule has 1 aliphatic heterocycles. The highest BCUT2D eigenvalue weighted by molar-refractivity contribution is 5.77. The van der Waals surface area contributed by atoms with Crippen LogP contribution in [0.15, 0.2) is 0 Å². The molecule has 0 unspecified atom stereocenters. The minimum Gasteiger partial charge on any atom is -0.374 e. The lowest BCUT2D eigenvalue weighted by molar-refractivity contribution is -0.136. The first-order chi connectivity index (χ1) is 9.40. The summed E-state index contributed by atoms with van der Waals surface area (Å²) in [5.74, 6) is 7.02. The van der Waals surface area contributed by atoms with Crippen LogP contribution in [0.1, 0.15) is 27.7 Å². The minimum atomic E-state index is 0.0385. The van der Waals surface area contributed by atoms with Crippen molar-refractivity contribution >= 4 is 5.91 Å². The van der Waals surface area contributed by atoms with E-state index in [-0.39, 0.29) is 17.9 Å². The monoisotopic (exact) mass is 280 g/mol. The summed E-state index contributed by atoms with van der Waals surface area (Å²) in [6, 6.07) is 0. The maximum Gasteiger partial charge on any atom is 0.224 e. The number of ether oxygens (including phenoxy) is 1. The standard InChI is InChI=1S/C16H28N2O2/c1-13(2)7-6-8-18-9-10-20-15(12-18)11-17(5)16(19)14(3)4/h13-15H,8-12H2,1-5H3/t15-/m0/s1. The lowest BCUT2D eigenvalue weighted by atomic mass is 10.2. The Kier molecular flexibility index (Phi) is 7.04. The van der Waals surface area contributed by atoms with E-state index in [1.807, 2.05) is 20.9 Å². The number of likely N-dealkylation sites (N-methyl/N-ethyl adjacent to an activating group) is 1. The fraction of sp³-hybridized carbons (Fsp3) is 0.812. The molecular weight excluding hydrogens is 252 g/mol. The van der Waals surface area contributed by atoms with Gasteiger partial charge in [-0.05, 0) is 0 Å². The van der Waals surface area contributed by atoms with Crippen LogP contribution in [0.4, 0.5) is 0 Å². The number of hydrogen-bond donors (Lipinski definition) is 0. The first-order valence-corrected chi connectivity index (χ1v) is 7.47. The molecule has 0 bridgehead atoms. The Morgan fingerprint density at radius 2 is 2.10 bits per heavy atom. The van der Waals surface area contributed by atoms with Gasteiger partial charge in [0, 0.05) is 38.5 Å². The van der Waals surface area contributed by atoms with Crippen molar-refractivity contribution in [3.8, 4) is 11.8 Å². The third-order valence-electron chi connectivity index (χ3n) is 3.26. The number of carbonyl (C=O) groups excluding carboxylic acids is 1. The first-order valence-electron chi connectivity index (χ1n) is 7.47. The van der Waals surface area contributed by atoms with Gasteiger partial charge in [0.2, 0.25) is 5.91 Å². The molecule has 1 amide bonds. The molecule has 0 aromatic rings. The fourth-order valence-corrected chi connectivity index (χ4v) is 2.23. The summed E-state index contributed by atoms with van der Waals surface area (Å²) in [7, 11) is 1.85. The summed E-state index contributed by atoms with van der Waals surface area (Å²) in [6.45, 7) is 12.0. The van der Waals surface area contributed by atoms with Crippen molar-refractivity contribution in [3.63, 3.8) is 0 Å². The molecule has 0 aromatic carbocycles. The molecule has 1 rings (SSSR count). The molecule has 1 atom stereocenters. The lowest BCUT2D eigenvalue weighted by Gasteiger charge is -2.34. The van der Waals surface area contributed by atoms with Crippen molar-refractivity contribution in [2.45, 2.75) is 33.8 Å². The summed E-state index contributed by atoms with van der Waals surface area (Å²) in [6.07, 6.45) is 0.0947. The fourth-order valence-electron chi connectivity index (χ4n) is 2.23. The Balaban J connectivity index is 2.41. The molecule has 0 radical (unpaired) electrons. The number of nitrogens with zero attached hydrogens (tertiary/aromatic N) is 2. The largest absolute Gasteiger partial charge is 0.374 e. The summed E-state index contributed by atoms with van der Waals surface area (Å²) in [4.78, 5) is 16.0. The number of morpholine rings is 1. The van der Waals surface area contributed by atoms with E-state index in [4.69, 9.17) is 4.74 Å². The highest BCUT2D eigenvalue weighted by atomic mass is 16.5. The molecule has 0 saturated carbocycles. The van der Waals surface area contributed by atoms with Crippen LogP contribution >= 0.6 is 0 Å². The van der Waals surface area contributed by atoms with Crippen LogP contribution in [-0.4, -0.2) is 61.6 Å². The maximum atomic E-state index is 11.9. The maximum absolute atomic E-state index is 11.9. The molecule has 0 spiro atoms. The molecule has 0 aromatic heterocycles. The van der Waals surface area contributed by atoms with Crippen molar-refractivity contribution in [2.24, 2.45) is 11.8 Å². The molecule has 114 valence electrons. The summed E-state index contributed by atoms with van der Waals surface area (Å²) in [5.41, 5.74) is 0. The van der Waals surface area contributed by atoms with Gasteiger partial charge in [0.25, 0.3) is 0 Å². The molecule has 20 heavy (non-hydrogen) atoms. The van der Waals surface area contributed by atoms with E-state index in [9.17, 15) is 4.79 Å². The average molecular weight is 280 g/mol. The summed E-state index contributed by atoms with van der Waals surface area (Å²) >= 11 is 0. The van der Waals surface area contributed by atoms with Crippen molar-refractivity contribution in [1.29, 1.82) is 0 Å². The van der Waals surface area contributed by atoms with E-state index >= 15 is 0 Å². The number of carbonyl (C=O) groups is 1. The number of hydrogen-bond acceptors (Lipinski definition) is 3. The topological polar surface area (TPSA) is 32.8 Å². The van der Waals surface area contributed by atoms with Crippen LogP contribution in [0.25, 0.3) is 0 Å². The third kappa shape index (κ3) is 5.94. The Labute approximate surface area is 123 Å². The molecule has 1 fully saturated rings. The molecule has 4 heteroatoms. The van der Waals surface area contributed by atoms with Gasteiger partial charge in [-0.25, -0.2) is 0 Å². The Morgan fingerprint density at radius 1 is 1.40 bits per heavy atom. The van der Waals surface area contributed by atoms with Crippen molar-refractivity contribution in [2.75, 3.05) is 39.8 Å². The highest BCUT2D eigenvalue weighted by Crippen LogP contribution is 2.08. The second kappa shape index (κ2) is 8.28. The molecular formula is C16H28N2O2. The zero-order valence-corrected chi connectivity index (χ0v) is 13.5. The normalized spacial score (nSPS) is 19.9. The van der Waals surface area contributed by atoms with E-state index in [1.54, 1.807) is 4.90 Å². The number of amides is 1. The van der Waals surface area contributed by atoms with Gasteiger partial charge in [-0.2, -0.15) is 0 Å². The van der Waals surface area contributed by atoms with Gasteiger partial charge in [-0.15, -0.1) is 0 Å². The summed E-state index contributed by atoms with van der Waals surface area (Å²) in [5, 5.41) is 0. The predicted octanol–water partition coefficient (Wildman–Crippen LogP) is 1.46. The van der Waals surface area contributed by atoms with Crippen molar-refractivity contribution in [1.82, 2.24) is 9.80 Å². The predicted molar refractivity (Wildman–Crippen MR) is 81.3 cm³/mol. The first kappa shape index (κ1) is 17.0. The van der Waals surface area contributed by atoms with E-state index in [1.165, 1.54) is 0 Å². The molecule has 0 N–H and O–H groups in total. The Hall–Kier alpha value is -1.05. The second-order valence-corrected chi connectivity index (χ2v) is 6.08. The average Bonchev–Trinajstić information content (AvgIpc) is 2.37. The molecule has 4 nitrogen and oxygen atoms in total. The molecule has 1 aliphatic rings. The van der Waals surface area contributed by atoms with E-state index in [0.717, 1.165) is 26.2 Å². The molecule has 1 saturated heterocycles. The van der Waals surface area contributed by atoms with Crippen molar-refractivity contribution < 1.29 is 9.53 Å². The van der Waals surface area contributed by atoms with Crippen LogP contribution < -0.4 is 0 Å². The number of rotatable bonds is 4. The Morgan fingerprint density at radius 3 is 2.70 bits per heavy atom. The van der Waals surface area contributed by atoms with E-state index in [2.05, 4.69) is 30.6 Å². The lowest BCUT2D eigenvalue weighted by Crippen LogP contribution is -2.48. The quantitative estimate of drug-likeness (QED) is 0.731. The third-order valence-corrected chi connectivity index (χ3v) is 3.26. The van der Waals surface area contributed by atoms with E-state index < -0.39 is 0 Å². The van der Waals surface area contributed by atoms with Crippen LogP contribution in [0.3, 0.4) is 0 Å². The van der Waals surface area contributed by atoms with Crippen LogP contribution in [0.2, 0.25) is 0 Å². The van der Waals surface area contributed by atoms with Crippen LogP contribution in [0, 0.1) is 23.7 Å². The zero-order valence-electron chi connectivity index (χ0n) is 13.5. The molecule has 0 aliphatic carbocycles. The van der Waals surface area contributed by atoms with Crippen LogP contribution in [-0.2, 0) is 9.53 Å². The highest BCUT2D eigenvalue weighted by Gasteiger charge is 2.23. The SMILES string of the molecule is CC(C)C#CCN1CCO[C@@H](CN(C)C(=O)C(C)C)C1. The second-order valence-electron chi connectivity index (χ2n) is 6.08. The van der Waals surface area contributed by atoms with Gasteiger partial charge in [-0.3, -0.25) is 9.69 Å². The van der Waals surface area contributed by atoms with Crippen LogP contribution in [0.5, 0.6) is 0 Å². The van der Waals surface area contributed by atoms with Gasteiger partial charge in [0.15, 0.2) is 0 Å². The van der Waals surface area contributed by atoms with Gasteiger partial charge in [0.05, 0.1) is 19.3 Å². The summed E-state index contributed by atoms with van der Waals surface area (Å²) < 4.78 is 5.75. The van der Waals surface area contributed by atoms with Gasteiger partial charge in [0.1, 0.15) is 0 Å². The zero-order chi connectivity index (χ0) is 15.1. The van der Waals surface area contributed by atoms with E-state index in [0.29, 0.717) is 12.5 Å². The molecule has 1 heterocycles. The minimum absolute atomic E-state index is 0.0385. The van der Waals surface area contributed by atoms with Gasteiger partial charge < -0.3 is 9.64 Å². The van der Waals surface area contributed by atoms with Gasteiger partial charge >= 0.3 is 0 Å². The van der Waals surface area contributed by atoms with Crippen molar-refractivity contribution in [3.05, 3.63) is 0 Å².